The molecule has 0 N–H and O–H groups in total. The molecule has 3 heteroatoms. The molecule has 0 aromatic carbocycles. The van der Waals surface area contributed by atoms with E-state index in [2.05, 4.69) is 6.92 Å². The van der Waals surface area contributed by atoms with Crippen molar-refractivity contribution < 1.29 is 13.5 Å². The molecule has 0 heterocycles. The van der Waals surface area contributed by atoms with Crippen molar-refractivity contribution in [2.24, 2.45) is 17.8 Å². The molecule has 164 valence electrons. The molecular weight excluding hydrogens is 354 g/mol. The van der Waals surface area contributed by atoms with Crippen molar-refractivity contribution in [3.05, 3.63) is 12.2 Å². The van der Waals surface area contributed by atoms with E-state index in [1.54, 1.807) is 0 Å². The molecule has 2 saturated carbocycles. The van der Waals surface area contributed by atoms with Crippen molar-refractivity contribution in [1.29, 1.82) is 0 Å². The Morgan fingerprint density at radius 1 is 0.714 bits per heavy atom. The van der Waals surface area contributed by atoms with Crippen LogP contribution in [0.2, 0.25) is 0 Å². The number of ether oxygens (including phenoxy) is 1. The summed E-state index contributed by atoms with van der Waals surface area (Å²) in [5.74, 6) is 1.70. The van der Waals surface area contributed by atoms with E-state index >= 15 is 0 Å². The minimum atomic E-state index is -1.49. The van der Waals surface area contributed by atoms with Gasteiger partial charge in [0.15, 0.2) is 0 Å². The summed E-state index contributed by atoms with van der Waals surface area (Å²) >= 11 is 0. The Morgan fingerprint density at radius 3 is 1.75 bits per heavy atom. The number of unbranched alkanes of at least 4 members (excludes halogenated alkanes) is 8. The molecule has 2 rings (SSSR count). The van der Waals surface area contributed by atoms with E-state index in [0.717, 1.165) is 44.1 Å². The third-order valence-corrected chi connectivity index (χ3v) is 7.17. The van der Waals surface area contributed by atoms with Gasteiger partial charge >= 0.3 is 0 Å². The predicted octanol–water partition coefficient (Wildman–Crippen LogP) is 8.68. The van der Waals surface area contributed by atoms with Gasteiger partial charge in [0.25, 0.3) is 6.08 Å². The first kappa shape index (κ1) is 23.8. The van der Waals surface area contributed by atoms with Crippen molar-refractivity contribution >= 4 is 0 Å². The van der Waals surface area contributed by atoms with E-state index in [-0.39, 0.29) is 5.92 Å². The molecule has 0 unspecified atom stereocenters. The molecule has 0 saturated heterocycles. The van der Waals surface area contributed by atoms with Gasteiger partial charge in [0.05, 0.1) is 6.10 Å². The highest BCUT2D eigenvalue weighted by atomic mass is 19.3. The Morgan fingerprint density at radius 2 is 1.21 bits per heavy atom. The van der Waals surface area contributed by atoms with Crippen LogP contribution in [0.5, 0.6) is 0 Å². The van der Waals surface area contributed by atoms with Gasteiger partial charge in [-0.1, -0.05) is 58.3 Å². The number of hydrogen-bond acceptors (Lipinski definition) is 1. The molecule has 0 bridgehead atoms. The molecule has 2 fully saturated rings. The van der Waals surface area contributed by atoms with Gasteiger partial charge in [0.1, 0.15) is 0 Å². The van der Waals surface area contributed by atoms with E-state index in [4.69, 9.17) is 4.74 Å². The van der Waals surface area contributed by atoms with Crippen LogP contribution in [0.4, 0.5) is 8.78 Å². The highest BCUT2D eigenvalue weighted by Gasteiger charge is 2.30. The summed E-state index contributed by atoms with van der Waals surface area (Å²) in [5.41, 5.74) is 0. The highest BCUT2D eigenvalue weighted by Crippen LogP contribution is 2.41. The first-order valence-electron chi connectivity index (χ1n) is 12.3. The van der Waals surface area contributed by atoms with Crippen molar-refractivity contribution in [3.63, 3.8) is 0 Å². The van der Waals surface area contributed by atoms with Gasteiger partial charge in [0.2, 0.25) is 0 Å². The largest absolute Gasteiger partial charge is 0.378 e. The average Bonchev–Trinajstić information content (AvgIpc) is 2.70. The van der Waals surface area contributed by atoms with Crippen molar-refractivity contribution in [1.82, 2.24) is 0 Å². The Hall–Kier alpha value is -0.440. The van der Waals surface area contributed by atoms with Crippen LogP contribution in [0, 0.1) is 17.8 Å². The van der Waals surface area contributed by atoms with Crippen molar-refractivity contribution in [2.45, 2.75) is 122 Å². The summed E-state index contributed by atoms with van der Waals surface area (Å²) in [7, 11) is 0. The standard InChI is InChI=1S/C25H44F2O/c1-2-3-4-5-6-7-8-9-10-19-28-24-17-15-23(16-18-24)22-13-11-21(12-14-22)20-25(26)27/h20-24H,2-19H2,1H3/t21-,22-,23-,24-. The molecule has 0 aliphatic heterocycles. The molecule has 0 amide bonds. The zero-order chi connectivity index (χ0) is 20.0. The number of allylic oxidation sites excluding steroid dienone is 1. The number of halogens is 2. The zero-order valence-corrected chi connectivity index (χ0v) is 18.3. The molecule has 0 radical (unpaired) electrons. The first-order chi connectivity index (χ1) is 13.7. The minimum absolute atomic E-state index is 0.122. The normalized spacial score (nSPS) is 28.2. The quantitative estimate of drug-likeness (QED) is 0.282. The topological polar surface area (TPSA) is 9.23 Å². The van der Waals surface area contributed by atoms with Gasteiger partial charge in [-0.3, -0.25) is 0 Å². The molecule has 2 aliphatic carbocycles. The van der Waals surface area contributed by atoms with Gasteiger partial charge < -0.3 is 4.74 Å². The van der Waals surface area contributed by atoms with Gasteiger partial charge in [-0.2, -0.15) is 8.78 Å². The maximum Gasteiger partial charge on any atom is 0.266 e. The monoisotopic (exact) mass is 398 g/mol. The summed E-state index contributed by atoms with van der Waals surface area (Å²) in [4.78, 5) is 0. The molecule has 2 aliphatic rings. The van der Waals surface area contributed by atoms with Gasteiger partial charge in [-0.25, -0.2) is 0 Å². The first-order valence-corrected chi connectivity index (χ1v) is 12.3. The molecule has 0 aromatic heterocycles. The maximum atomic E-state index is 12.4. The Kier molecular flexibility index (Phi) is 12.4. The van der Waals surface area contributed by atoms with Gasteiger partial charge in [-0.15, -0.1) is 0 Å². The molecule has 28 heavy (non-hydrogen) atoms. The molecule has 0 spiro atoms. The second-order valence-electron chi connectivity index (χ2n) is 9.37. The fraction of sp³-hybridized carbons (Fsp3) is 0.920. The smallest absolute Gasteiger partial charge is 0.266 e. The van der Waals surface area contributed by atoms with Crippen LogP contribution in [0.15, 0.2) is 12.2 Å². The summed E-state index contributed by atoms with van der Waals surface area (Å²) in [6.07, 6.45) is 21.6. The van der Waals surface area contributed by atoms with Gasteiger partial charge in [0, 0.05) is 6.61 Å². The lowest BCUT2D eigenvalue weighted by Crippen LogP contribution is -2.28. The molecule has 0 aromatic rings. The van der Waals surface area contributed by atoms with Crippen LogP contribution in [0.25, 0.3) is 0 Å². The summed E-state index contributed by atoms with van der Waals surface area (Å²) in [5, 5.41) is 0. The van der Waals surface area contributed by atoms with E-state index in [0.29, 0.717) is 6.10 Å². The highest BCUT2D eigenvalue weighted by molar-refractivity contribution is 4.92. The van der Waals surface area contributed by atoms with Crippen LogP contribution in [-0.2, 0) is 4.74 Å². The summed E-state index contributed by atoms with van der Waals surface area (Å²) in [6.45, 7) is 3.21. The predicted molar refractivity (Wildman–Crippen MR) is 115 cm³/mol. The summed E-state index contributed by atoms with van der Waals surface area (Å²) < 4.78 is 31.0. The zero-order valence-electron chi connectivity index (χ0n) is 18.3. The van der Waals surface area contributed by atoms with Crippen molar-refractivity contribution in [2.75, 3.05) is 6.61 Å². The fourth-order valence-electron chi connectivity index (χ4n) is 5.35. The Balaban J connectivity index is 1.44. The molecule has 0 atom stereocenters. The SMILES string of the molecule is CCCCCCCCCCCO[C@H]1CC[C@H]([C@H]2CC[C@H](C=C(F)F)CC2)CC1. The van der Waals surface area contributed by atoms with Crippen molar-refractivity contribution in [3.8, 4) is 0 Å². The van der Waals surface area contributed by atoms with E-state index in [1.807, 2.05) is 0 Å². The van der Waals surface area contributed by atoms with Gasteiger partial charge in [-0.05, 0) is 81.6 Å². The lowest BCUT2D eigenvalue weighted by molar-refractivity contribution is 0.00590. The Labute approximate surface area is 172 Å². The number of rotatable bonds is 13. The van der Waals surface area contributed by atoms with Crippen LogP contribution in [0.3, 0.4) is 0 Å². The number of hydrogen-bond donors (Lipinski definition) is 0. The Bertz CT molecular complexity index is 403. The maximum absolute atomic E-state index is 12.4. The second-order valence-corrected chi connectivity index (χ2v) is 9.37. The minimum Gasteiger partial charge on any atom is -0.378 e. The molecular formula is C25H44F2O. The summed E-state index contributed by atoms with van der Waals surface area (Å²) in [6, 6.07) is 0. The molecule has 1 nitrogen and oxygen atoms in total. The average molecular weight is 399 g/mol. The fourth-order valence-corrected chi connectivity index (χ4v) is 5.35. The lowest BCUT2D eigenvalue weighted by atomic mass is 9.70. The second kappa shape index (κ2) is 14.5. The van der Waals surface area contributed by atoms with Crippen LogP contribution in [-0.4, -0.2) is 12.7 Å². The van der Waals surface area contributed by atoms with E-state index in [9.17, 15) is 8.78 Å². The van der Waals surface area contributed by atoms with Crippen LogP contribution >= 0.6 is 0 Å². The third kappa shape index (κ3) is 9.85. The third-order valence-electron chi connectivity index (χ3n) is 7.17. The van der Waals surface area contributed by atoms with E-state index < -0.39 is 6.08 Å². The lowest BCUT2D eigenvalue weighted by Gasteiger charge is -2.37. The van der Waals surface area contributed by atoms with Crippen LogP contribution in [0.1, 0.15) is 116 Å². The van der Waals surface area contributed by atoms with Crippen LogP contribution < -0.4 is 0 Å². The van der Waals surface area contributed by atoms with E-state index in [1.165, 1.54) is 89.5 Å².